The zero-order chi connectivity index (χ0) is 13.8. The topological polar surface area (TPSA) is 84.2 Å². The molecule has 0 aliphatic rings. The van der Waals surface area contributed by atoms with E-state index >= 15 is 0 Å². The van der Waals surface area contributed by atoms with Gasteiger partial charge >= 0.3 is 0 Å². The lowest BCUT2D eigenvalue weighted by molar-refractivity contribution is 0.389. The number of sulfonamides is 1. The van der Waals surface area contributed by atoms with Crippen molar-refractivity contribution in [2.75, 3.05) is 5.43 Å². The van der Waals surface area contributed by atoms with Crippen LogP contribution in [0.25, 0.3) is 0 Å². The number of para-hydroxylation sites is 1. The largest absolute Gasteiger partial charge is 0.323 e. The summed E-state index contributed by atoms with van der Waals surface area (Å²) >= 11 is 0. The van der Waals surface area contributed by atoms with Gasteiger partial charge in [-0.15, -0.1) is 0 Å². The van der Waals surface area contributed by atoms with Crippen molar-refractivity contribution in [2.45, 2.75) is 44.0 Å². The predicted molar refractivity (Wildman–Crippen MR) is 73.6 cm³/mol. The second-order valence-corrected chi connectivity index (χ2v) is 6.16. The molecule has 0 aromatic heterocycles. The maximum absolute atomic E-state index is 12.3. The number of hydrazine groups is 1. The average Bonchev–Trinajstić information content (AvgIpc) is 2.38. The van der Waals surface area contributed by atoms with Crippen LogP contribution in [0.1, 0.15) is 33.6 Å². The highest BCUT2D eigenvalue weighted by Gasteiger charge is 2.28. The molecule has 102 valence electrons. The molecule has 4 N–H and O–H groups in total. The lowest BCUT2D eigenvalue weighted by Gasteiger charge is -2.28. The van der Waals surface area contributed by atoms with Crippen molar-refractivity contribution in [1.82, 2.24) is 4.72 Å². The molecule has 0 saturated heterocycles. The fraction of sp³-hybridized carbons (Fsp3) is 0.500. The molecule has 0 atom stereocenters. The Hall–Kier alpha value is -1.11. The summed E-state index contributed by atoms with van der Waals surface area (Å²) in [5.41, 5.74) is 2.35. The van der Waals surface area contributed by atoms with E-state index in [9.17, 15) is 8.42 Å². The maximum atomic E-state index is 12.3. The van der Waals surface area contributed by atoms with Gasteiger partial charge in [-0.2, -0.15) is 0 Å². The zero-order valence-electron chi connectivity index (χ0n) is 11.0. The monoisotopic (exact) mass is 271 g/mol. The highest BCUT2D eigenvalue weighted by atomic mass is 32.2. The number of benzene rings is 1. The van der Waals surface area contributed by atoms with E-state index in [-0.39, 0.29) is 4.90 Å². The first-order valence-corrected chi connectivity index (χ1v) is 7.46. The van der Waals surface area contributed by atoms with Gasteiger partial charge in [0.05, 0.1) is 5.69 Å². The molecule has 0 aliphatic carbocycles. The van der Waals surface area contributed by atoms with Gasteiger partial charge < -0.3 is 5.43 Å². The van der Waals surface area contributed by atoms with Crippen LogP contribution in [0.4, 0.5) is 5.69 Å². The second-order valence-electron chi connectivity index (χ2n) is 4.51. The third-order valence-electron chi connectivity index (χ3n) is 3.27. The third-order valence-corrected chi connectivity index (χ3v) is 4.97. The van der Waals surface area contributed by atoms with Crippen LogP contribution in [0.3, 0.4) is 0 Å². The first-order valence-electron chi connectivity index (χ1n) is 5.98. The zero-order valence-corrected chi connectivity index (χ0v) is 11.8. The Bertz CT molecular complexity index is 496. The van der Waals surface area contributed by atoms with Crippen LogP contribution in [0.5, 0.6) is 0 Å². The smallest absolute Gasteiger partial charge is 0.243 e. The number of nitrogens with one attached hydrogen (secondary N) is 2. The number of nitrogens with two attached hydrogens (primary N) is 1. The van der Waals surface area contributed by atoms with Crippen molar-refractivity contribution in [3.8, 4) is 0 Å². The van der Waals surface area contributed by atoms with Gasteiger partial charge in [-0.05, 0) is 31.9 Å². The fourth-order valence-electron chi connectivity index (χ4n) is 1.59. The molecule has 0 aliphatic heterocycles. The molecule has 1 aromatic rings. The molecule has 0 heterocycles. The van der Waals surface area contributed by atoms with Crippen molar-refractivity contribution in [3.63, 3.8) is 0 Å². The van der Waals surface area contributed by atoms with E-state index in [1.165, 1.54) is 6.07 Å². The van der Waals surface area contributed by atoms with Gasteiger partial charge in [0.2, 0.25) is 10.0 Å². The normalized spacial score (nSPS) is 12.4. The molecule has 0 bridgehead atoms. The van der Waals surface area contributed by atoms with Crippen molar-refractivity contribution in [1.29, 1.82) is 0 Å². The van der Waals surface area contributed by atoms with Gasteiger partial charge in [0.1, 0.15) is 4.90 Å². The summed E-state index contributed by atoms with van der Waals surface area (Å²) in [4.78, 5) is 0.167. The summed E-state index contributed by atoms with van der Waals surface area (Å²) in [7, 11) is -3.58. The quantitative estimate of drug-likeness (QED) is 0.544. The predicted octanol–water partition coefficient (Wildman–Crippen LogP) is 1.83. The standard InChI is InChI=1S/C12H21N3O2S/c1-4-12(3,5-2)15-18(16,17)11-9-7-6-8-10(11)14-13/h6-9,14-15H,4-5,13H2,1-3H3. The van der Waals surface area contributed by atoms with Crippen LogP contribution in [-0.2, 0) is 10.0 Å². The molecule has 18 heavy (non-hydrogen) atoms. The SMILES string of the molecule is CCC(C)(CC)NS(=O)(=O)c1ccccc1NN. The molecule has 1 aromatic carbocycles. The second kappa shape index (κ2) is 5.69. The van der Waals surface area contributed by atoms with Crippen LogP contribution in [0.15, 0.2) is 29.2 Å². The van der Waals surface area contributed by atoms with E-state index in [1.807, 2.05) is 20.8 Å². The van der Waals surface area contributed by atoms with Crippen LogP contribution in [-0.4, -0.2) is 14.0 Å². The lowest BCUT2D eigenvalue weighted by atomic mass is 9.98. The number of anilines is 1. The molecule has 0 saturated carbocycles. The summed E-state index contributed by atoms with van der Waals surface area (Å²) in [5.74, 6) is 5.33. The van der Waals surface area contributed by atoms with E-state index in [0.29, 0.717) is 5.69 Å². The summed E-state index contributed by atoms with van der Waals surface area (Å²) in [6, 6.07) is 6.56. The van der Waals surface area contributed by atoms with Crippen molar-refractivity contribution < 1.29 is 8.42 Å². The first-order chi connectivity index (χ1) is 8.38. The van der Waals surface area contributed by atoms with Crippen molar-refractivity contribution in [3.05, 3.63) is 24.3 Å². The van der Waals surface area contributed by atoms with Gasteiger partial charge in [-0.25, -0.2) is 13.1 Å². The Morgan fingerprint density at radius 3 is 2.28 bits per heavy atom. The average molecular weight is 271 g/mol. The van der Waals surface area contributed by atoms with E-state index in [4.69, 9.17) is 5.84 Å². The fourth-order valence-corrected chi connectivity index (χ4v) is 3.32. The van der Waals surface area contributed by atoms with Gasteiger partial charge in [0, 0.05) is 5.54 Å². The van der Waals surface area contributed by atoms with E-state index in [0.717, 1.165) is 12.8 Å². The molecule has 0 unspecified atom stereocenters. The molecule has 5 nitrogen and oxygen atoms in total. The Morgan fingerprint density at radius 2 is 1.78 bits per heavy atom. The van der Waals surface area contributed by atoms with Gasteiger partial charge in [-0.3, -0.25) is 5.84 Å². The Balaban J connectivity index is 3.14. The number of rotatable bonds is 6. The molecule has 6 heteroatoms. The molecule has 0 spiro atoms. The lowest BCUT2D eigenvalue weighted by Crippen LogP contribution is -2.45. The van der Waals surface area contributed by atoms with Crippen LogP contribution in [0, 0.1) is 0 Å². The molecular weight excluding hydrogens is 250 g/mol. The summed E-state index contributed by atoms with van der Waals surface area (Å²) in [5, 5.41) is 0. The van der Waals surface area contributed by atoms with Crippen molar-refractivity contribution >= 4 is 15.7 Å². The van der Waals surface area contributed by atoms with Gasteiger partial charge in [0.25, 0.3) is 0 Å². The van der Waals surface area contributed by atoms with Crippen LogP contribution in [0.2, 0.25) is 0 Å². The van der Waals surface area contributed by atoms with E-state index in [1.54, 1.807) is 18.2 Å². The number of hydrogen-bond acceptors (Lipinski definition) is 4. The van der Waals surface area contributed by atoms with Crippen LogP contribution < -0.4 is 16.0 Å². The molecular formula is C12H21N3O2S. The van der Waals surface area contributed by atoms with Gasteiger partial charge in [-0.1, -0.05) is 26.0 Å². The van der Waals surface area contributed by atoms with E-state index in [2.05, 4.69) is 10.1 Å². The molecule has 0 amide bonds. The highest BCUT2D eigenvalue weighted by Crippen LogP contribution is 2.23. The Labute approximate surface area is 109 Å². The summed E-state index contributed by atoms with van der Waals surface area (Å²) in [6.45, 7) is 5.81. The number of nitrogen functional groups attached to an aromatic ring is 1. The minimum atomic E-state index is -3.58. The molecule has 0 fully saturated rings. The molecule has 1 rings (SSSR count). The summed E-state index contributed by atoms with van der Waals surface area (Å²) in [6.07, 6.45) is 1.45. The Morgan fingerprint density at radius 1 is 1.22 bits per heavy atom. The first kappa shape index (κ1) is 14.9. The van der Waals surface area contributed by atoms with Crippen LogP contribution >= 0.6 is 0 Å². The number of hydrogen-bond donors (Lipinski definition) is 3. The molecule has 0 radical (unpaired) electrons. The summed E-state index contributed by atoms with van der Waals surface area (Å²) < 4.78 is 27.4. The Kier molecular flexibility index (Phi) is 4.72. The van der Waals surface area contributed by atoms with Crippen molar-refractivity contribution in [2.24, 2.45) is 5.84 Å². The third kappa shape index (κ3) is 3.22. The van der Waals surface area contributed by atoms with Gasteiger partial charge in [0.15, 0.2) is 0 Å². The van der Waals surface area contributed by atoms with E-state index < -0.39 is 15.6 Å². The highest BCUT2D eigenvalue weighted by molar-refractivity contribution is 7.89. The minimum Gasteiger partial charge on any atom is -0.323 e. The minimum absolute atomic E-state index is 0.167. The maximum Gasteiger partial charge on any atom is 0.243 e.